The number of rotatable bonds is 3. The molecule has 84 valence electrons. The first kappa shape index (κ1) is 16.7. The van der Waals surface area contributed by atoms with Crippen LogP contribution >= 0.6 is 32.2 Å². The molecule has 0 aromatic rings. The van der Waals surface area contributed by atoms with Gasteiger partial charge in [0.25, 0.3) is 0 Å². The number of hydrogen-bond acceptors (Lipinski definition) is 3. The van der Waals surface area contributed by atoms with Crippen molar-refractivity contribution in [2.45, 2.75) is 20.8 Å². The molecule has 0 radical (unpaired) electrons. The molecule has 2 N–H and O–H groups in total. The van der Waals surface area contributed by atoms with Crippen LogP contribution in [0, 0.1) is 0 Å². The molecule has 0 saturated heterocycles. The summed E-state index contributed by atoms with van der Waals surface area (Å²) in [5.74, 6) is 1.08. The molecular weight excluding hydrogens is 241 g/mol. The second-order valence-electron chi connectivity index (χ2n) is 2.12. The van der Waals surface area contributed by atoms with Crippen molar-refractivity contribution in [1.82, 2.24) is 4.90 Å². The Balaban J connectivity index is 0. The third kappa shape index (κ3) is 12.3. The highest BCUT2D eigenvalue weighted by Crippen LogP contribution is 2.07. The van der Waals surface area contributed by atoms with Crippen molar-refractivity contribution in [1.29, 1.82) is 0 Å². The first-order chi connectivity index (χ1) is 6.49. The van der Waals surface area contributed by atoms with Gasteiger partial charge in [0.2, 0.25) is 0 Å². The van der Waals surface area contributed by atoms with Gasteiger partial charge in [-0.25, -0.2) is 0 Å². The smallest absolute Gasteiger partial charge is 0.358 e. The molecule has 7 heteroatoms. The summed E-state index contributed by atoms with van der Waals surface area (Å²) in [5.41, 5.74) is 0. The fraction of sp³-hybridized carbons (Fsp3) is 0.857. The highest BCUT2D eigenvalue weighted by molar-refractivity contribution is 8.22. The minimum absolute atomic E-state index is 1.03. The maximum Gasteiger partial charge on any atom is 0.692 e. The van der Waals surface area contributed by atoms with Gasteiger partial charge in [0.1, 0.15) is 4.32 Å². The molecule has 0 atom stereocenters. The van der Waals surface area contributed by atoms with E-state index in [1.807, 2.05) is 0 Å². The molecule has 0 bridgehead atoms. The zero-order valence-electron chi connectivity index (χ0n) is 8.63. The fourth-order valence-electron chi connectivity index (χ4n) is 0.697. The number of thiocarbonyl (C=S) groups is 1. The van der Waals surface area contributed by atoms with Gasteiger partial charge in [-0.1, -0.05) is 30.9 Å². The summed E-state index contributed by atoms with van der Waals surface area (Å²) in [6, 6.07) is 0. The third-order valence-corrected chi connectivity index (χ3v) is 2.70. The third-order valence-electron chi connectivity index (χ3n) is 1.29. The van der Waals surface area contributed by atoms with E-state index in [9.17, 15) is 0 Å². The molecule has 0 fully saturated rings. The van der Waals surface area contributed by atoms with Crippen LogP contribution in [-0.2, 0) is 4.57 Å². The Kier molecular flexibility index (Phi) is 13.5. The van der Waals surface area contributed by atoms with Gasteiger partial charge >= 0.3 is 8.25 Å². The molecule has 0 saturated carbocycles. The summed E-state index contributed by atoms with van der Waals surface area (Å²) in [6.07, 6.45) is 0. The van der Waals surface area contributed by atoms with E-state index in [-0.39, 0.29) is 0 Å². The molecule has 4 nitrogen and oxygen atoms in total. The van der Waals surface area contributed by atoms with Crippen molar-refractivity contribution in [3.8, 4) is 0 Å². The zero-order valence-corrected chi connectivity index (χ0v) is 11.2. The van der Waals surface area contributed by atoms with Crippen LogP contribution in [0.4, 0.5) is 0 Å². The minimum atomic E-state index is -2.87. The van der Waals surface area contributed by atoms with Crippen LogP contribution < -0.4 is 0 Å². The Hall–Kier alpha value is 0.260. The van der Waals surface area contributed by atoms with E-state index in [1.165, 1.54) is 0 Å². The number of nitrogens with zero attached hydrogens (tertiary/aromatic N) is 1. The molecule has 0 aliphatic carbocycles. The molecule has 0 unspecified atom stereocenters. The minimum Gasteiger partial charge on any atom is -0.358 e. The molecular formula is C7H17NO3PS2+. The lowest BCUT2D eigenvalue weighted by Crippen LogP contribution is -2.26. The van der Waals surface area contributed by atoms with Crippen LogP contribution in [0.1, 0.15) is 20.8 Å². The van der Waals surface area contributed by atoms with Crippen molar-refractivity contribution < 1.29 is 14.4 Å². The number of hydrogen-bond donors (Lipinski definition) is 2. The van der Waals surface area contributed by atoms with E-state index in [4.69, 9.17) is 26.6 Å². The summed E-state index contributed by atoms with van der Waals surface area (Å²) in [4.78, 5) is 16.4. The Morgan fingerprint density at radius 3 is 1.93 bits per heavy atom. The molecule has 0 spiro atoms. The van der Waals surface area contributed by atoms with E-state index >= 15 is 0 Å². The van der Waals surface area contributed by atoms with Gasteiger partial charge in [-0.15, -0.1) is 9.79 Å². The Labute approximate surface area is 95.6 Å². The van der Waals surface area contributed by atoms with Gasteiger partial charge in [-0.2, -0.15) is 0 Å². The van der Waals surface area contributed by atoms with E-state index in [2.05, 4.69) is 25.7 Å². The van der Waals surface area contributed by atoms with Gasteiger partial charge in [0, 0.05) is 17.7 Å². The predicted octanol–water partition coefficient (Wildman–Crippen LogP) is 1.99. The van der Waals surface area contributed by atoms with Crippen LogP contribution in [-0.4, -0.2) is 37.8 Å². The second-order valence-corrected chi connectivity index (χ2v) is 4.53. The van der Waals surface area contributed by atoms with Gasteiger partial charge in [0.15, 0.2) is 0 Å². The van der Waals surface area contributed by atoms with Crippen molar-refractivity contribution >= 4 is 36.6 Å². The van der Waals surface area contributed by atoms with Crippen molar-refractivity contribution in [2.24, 2.45) is 0 Å². The molecule has 0 aliphatic heterocycles. The lowest BCUT2D eigenvalue weighted by Gasteiger charge is -2.20. The van der Waals surface area contributed by atoms with E-state index in [1.54, 1.807) is 11.8 Å². The summed E-state index contributed by atoms with van der Waals surface area (Å²) < 4.78 is 9.74. The molecule has 14 heavy (non-hydrogen) atoms. The van der Waals surface area contributed by atoms with Crippen molar-refractivity contribution in [2.75, 3.05) is 18.8 Å². The van der Waals surface area contributed by atoms with E-state index < -0.39 is 8.25 Å². The van der Waals surface area contributed by atoms with E-state index in [0.717, 1.165) is 23.2 Å². The maximum absolute atomic E-state index is 8.70. The molecule has 0 aliphatic rings. The first-order valence-corrected chi connectivity index (χ1v) is 6.82. The second kappa shape index (κ2) is 11.3. The maximum atomic E-state index is 8.70. The quantitative estimate of drug-likeness (QED) is 0.596. The molecule has 0 rings (SSSR count). The fourth-order valence-corrected chi connectivity index (χ4v) is 2.00. The van der Waals surface area contributed by atoms with Crippen LogP contribution in [0.15, 0.2) is 0 Å². The monoisotopic (exact) mass is 258 g/mol. The summed E-state index contributed by atoms with van der Waals surface area (Å²) in [7, 11) is -2.87. The average Bonchev–Trinajstić information content (AvgIpc) is 2.06. The topological polar surface area (TPSA) is 60.8 Å². The molecule has 0 aromatic heterocycles. The van der Waals surface area contributed by atoms with Crippen LogP contribution in [0.5, 0.6) is 0 Å². The predicted molar refractivity (Wildman–Crippen MR) is 65.7 cm³/mol. The van der Waals surface area contributed by atoms with Crippen LogP contribution in [0.25, 0.3) is 0 Å². The van der Waals surface area contributed by atoms with E-state index in [0.29, 0.717) is 0 Å². The summed E-state index contributed by atoms with van der Waals surface area (Å²) in [5, 5.41) is 0. The van der Waals surface area contributed by atoms with Gasteiger partial charge in [0.05, 0.1) is 0 Å². The van der Waals surface area contributed by atoms with Gasteiger partial charge in [-0.3, -0.25) is 0 Å². The summed E-state index contributed by atoms with van der Waals surface area (Å²) in [6.45, 7) is 8.45. The highest BCUT2D eigenvalue weighted by Gasteiger charge is 2.02. The number of thioether (sulfide) groups is 1. The molecule has 0 aromatic carbocycles. The summed E-state index contributed by atoms with van der Waals surface area (Å²) >= 11 is 6.91. The Bertz CT molecular complexity index is 172. The molecule has 0 amide bonds. The molecule has 0 heterocycles. The van der Waals surface area contributed by atoms with Crippen LogP contribution in [0.2, 0.25) is 0 Å². The Morgan fingerprint density at radius 2 is 1.71 bits per heavy atom. The van der Waals surface area contributed by atoms with Gasteiger partial charge in [-0.05, 0) is 19.6 Å². The standard InChI is InChI=1S/C7H15NS2.HO3P/c1-4-8(5-2)7(9)10-6-3;1-4(2)3/h4-6H2,1-3H3;(H-,1,2,3)/p+1. The zero-order chi connectivity index (χ0) is 11.6. The SMILES string of the molecule is CCSC(=S)N(CC)CC.O=[P+](O)O. The lowest BCUT2D eigenvalue weighted by molar-refractivity contribution is 0.405. The first-order valence-electron chi connectivity index (χ1n) is 4.26. The van der Waals surface area contributed by atoms with Gasteiger partial charge < -0.3 is 4.90 Å². The van der Waals surface area contributed by atoms with Crippen LogP contribution in [0.3, 0.4) is 0 Å². The van der Waals surface area contributed by atoms with Crippen molar-refractivity contribution in [3.05, 3.63) is 0 Å². The van der Waals surface area contributed by atoms with Crippen molar-refractivity contribution in [3.63, 3.8) is 0 Å². The lowest BCUT2D eigenvalue weighted by atomic mass is 10.6. The Morgan fingerprint density at radius 1 is 1.36 bits per heavy atom. The normalized spacial score (nSPS) is 8.64. The average molecular weight is 258 g/mol. The largest absolute Gasteiger partial charge is 0.692 e. The highest BCUT2D eigenvalue weighted by atomic mass is 32.2.